The molecule has 2 aliphatic rings. The average Bonchev–Trinajstić information content (AvgIpc) is 3.33. The van der Waals surface area contributed by atoms with Crippen LogP contribution in [0, 0.1) is 5.92 Å². The van der Waals surface area contributed by atoms with Gasteiger partial charge in [-0.3, -0.25) is 4.79 Å². The van der Waals surface area contributed by atoms with Crippen molar-refractivity contribution in [3.8, 4) is 0 Å². The zero-order valence-electron chi connectivity index (χ0n) is 14.2. The molecular formula is C20H22N2O2S. The van der Waals surface area contributed by atoms with E-state index in [9.17, 15) is 9.59 Å². The zero-order valence-corrected chi connectivity index (χ0v) is 15.0. The molecule has 0 bridgehead atoms. The van der Waals surface area contributed by atoms with Crippen LogP contribution < -0.4 is 5.32 Å². The van der Waals surface area contributed by atoms with Gasteiger partial charge >= 0.3 is 6.03 Å². The van der Waals surface area contributed by atoms with Crippen molar-refractivity contribution in [1.29, 1.82) is 0 Å². The number of likely N-dealkylation sites (tertiary alicyclic amines) is 1. The standard InChI is InChI=1S/C20H22N2O2S/c23-19(18-10-4-12-25-18)15-7-3-11-22(13-15)20(24)21-17-9-2-6-14-5-1-8-16(14)17/h2,4,6,9-10,12,15H,1,3,5,7-8,11,13H2,(H,21,24)/t15-/m1/s1. The number of anilines is 1. The number of fused-ring (bicyclic) bond motifs is 1. The smallest absolute Gasteiger partial charge is 0.321 e. The normalized spacial score (nSPS) is 19.5. The van der Waals surface area contributed by atoms with Gasteiger partial charge < -0.3 is 10.2 Å². The van der Waals surface area contributed by atoms with Crippen LogP contribution in [-0.4, -0.2) is 29.8 Å². The molecule has 1 aliphatic heterocycles. The first kappa shape index (κ1) is 16.3. The fourth-order valence-electron chi connectivity index (χ4n) is 3.93. The summed E-state index contributed by atoms with van der Waals surface area (Å²) in [5, 5.41) is 5.01. The fraction of sp³-hybridized carbons (Fsp3) is 0.400. The van der Waals surface area contributed by atoms with Crippen LogP contribution in [0.3, 0.4) is 0 Å². The highest BCUT2D eigenvalue weighted by molar-refractivity contribution is 7.12. The molecule has 25 heavy (non-hydrogen) atoms. The number of benzene rings is 1. The molecule has 0 saturated carbocycles. The van der Waals surface area contributed by atoms with Gasteiger partial charge in [0.15, 0.2) is 5.78 Å². The number of carbonyl (C=O) groups excluding carboxylic acids is 2. The quantitative estimate of drug-likeness (QED) is 0.833. The Hall–Kier alpha value is -2.14. The van der Waals surface area contributed by atoms with Gasteiger partial charge in [-0.15, -0.1) is 11.3 Å². The van der Waals surface area contributed by atoms with Crippen molar-refractivity contribution in [1.82, 2.24) is 4.90 Å². The predicted octanol–water partition coefficient (Wildman–Crippen LogP) is 4.36. The Kier molecular flexibility index (Phi) is 4.57. The molecule has 1 saturated heterocycles. The number of hydrogen-bond donors (Lipinski definition) is 1. The number of rotatable bonds is 3. The third-order valence-electron chi connectivity index (χ3n) is 5.23. The van der Waals surface area contributed by atoms with Crippen LogP contribution >= 0.6 is 11.3 Å². The number of thiophene rings is 1. The molecule has 0 spiro atoms. The lowest BCUT2D eigenvalue weighted by Crippen LogP contribution is -2.44. The van der Waals surface area contributed by atoms with Crippen LogP contribution in [0.1, 0.15) is 40.1 Å². The summed E-state index contributed by atoms with van der Waals surface area (Å²) in [7, 11) is 0. The third kappa shape index (κ3) is 3.33. The van der Waals surface area contributed by atoms with Crippen LogP contribution in [0.5, 0.6) is 0 Å². The Morgan fingerprint density at radius 1 is 1.12 bits per heavy atom. The molecule has 1 fully saturated rings. The summed E-state index contributed by atoms with van der Waals surface area (Å²) in [5.74, 6) is 0.0905. The number of aryl methyl sites for hydroxylation is 1. The molecular weight excluding hydrogens is 332 g/mol. The summed E-state index contributed by atoms with van der Waals surface area (Å²) in [6.07, 6.45) is 5.03. The van der Waals surface area contributed by atoms with Gasteiger partial charge in [0.2, 0.25) is 0 Å². The van der Waals surface area contributed by atoms with Crippen LogP contribution in [0.15, 0.2) is 35.7 Å². The third-order valence-corrected chi connectivity index (χ3v) is 6.12. The molecule has 1 atom stereocenters. The van der Waals surface area contributed by atoms with E-state index in [4.69, 9.17) is 0 Å². The van der Waals surface area contributed by atoms with Gasteiger partial charge in [0.1, 0.15) is 0 Å². The number of carbonyl (C=O) groups is 2. The molecule has 130 valence electrons. The molecule has 2 aromatic rings. The molecule has 1 aliphatic carbocycles. The first-order chi connectivity index (χ1) is 12.2. The molecule has 4 nitrogen and oxygen atoms in total. The summed E-state index contributed by atoms with van der Waals surface area (Å²) >= 11 is 1.48. The minimum atomic E-state index is -0.0837. The molecule has 2 heterocycles. The predicted molar refractivity (Wildman–Crippen MR) is 100 cm³/mol. The molecule has 5 heteroatoms. The van der Waals surface area contributed by atoms with Gasteiger partial charge in [-0.2, -0.15) is 0 Å². The van der Waals surface area contributed by atoms with E-state index in [0.29, 0.717) is 6.54 Å². The van der Waals surface area contributed by atoms with Gasteiger partial charge in [0, 0.05) is 24.7 Å². The Labute approximate surface area is 151 Å². The lowest BCUT2D eigenvalue weighted by molar-refractivity contribution is 0.0856. The van der Waals surface area contributed by atoms with Crippen LogP contribution in [0.25, 0.3) is 0 Å². The SMILES string of the molecule is O=C(c1cccs1)[C@@H]1CCCN(C(=O)Nc2cccc3c2CCC3)C1. The second-order valence-corrected chi connectivity index (χ2v) is 7.80. The topological polar surface area (TPSA) is 49.4 Å². The number of nitrogens with zero attached hydrogens (tertiary/aromatic N) is 1. The van der Waals surface area contributed by atoms with Crippen LogP contribution in [-0.2, 0) is 12.8 Å². The van der Waals surface area contributed by atoms with Crippen molar-refractivity contribution < 1.29 is 9.59 Å². The van der Waals surface area contributed by atoms with E-state index < -0.39 is 0 Å². The zero-order chi connectivity index (χ0) is 17.2. The van der Waals surface area contributed by atoms with Crippen molar-refractivity contribution in [2.24, 2.45) is 5.92 Å². The Bertz CT molecular complexity index is 785. The minimum absolute atomic E-state index is 0.0796. The van der Waals surface area contributed by atoms with E-state index in [2.05, 4.69) is 11.4 Å². The van der Waals surface area contributed by atoms with Crippen molar-refractivity contribution >= 4 is 28.8 Å². The van der Waals surface area contributed by atoms with E-state index in [1.54, 1.807) is 4.90 Å². The fourth-order valence-corrected chi connectivity index (χ4v) is 4.67. The molecule has 0 unspecified atom stereocenters. The van der Waals surface area contributed by atoms with Gasteiger partial charge in [-0.05, 0) is 60.7 Å². The molecule has 1 N–H and O–H groups in total. The van der Waals surface area contributed by atoms with Gasteiger partial charge in [0.05, 0.1) is 4.88 Å². The Morgan fingerprint density at radius 3 is 2.88 bits per heavy atom. The van der Waals surface area contributed by atoms with E-state index >= 15 is 0 Å². The summed E-state index contributed by atoms with van der Waals surface area (Å²) in [4.78, 5) is 27.9. The van der Waals surface area contributed by atoms with Gasteiger partial charge in [-0.1, -0.05) is 18.2 Å². The average molecular weight is 354 g/mol. The van der Waals surface area contributed by atoms with Crippen molar-refractivity contribution in [2.75, 3.05) is 18.4 Å². The largest absolute Gasteiger partial charge is 0.324 e. The maximum atomic E-state index is 12.7. The Morgan fingerprint density at radius 2 is 2.04 bits per heavy atom. The highest BCUT2D eigenvalue weighted by atomic mass is 32.1. The number of piperidine rings is 1. The summed E-state index contributed by atoms with van der Waals surface area (Å²) in [6.45, 7) is 1.23. The number of ketones is 1. The number of Topliss-reactive ketones (excluding diaryl/α,β-unsaturated/α-hetero) is 1. The molecule has 0 radical (unpaired) electrons. The van der Waals surface area contributed by atoms with E-state index in [1.165, 1.54) is 22.5 Å². The Balaban J connectivity index is 1.44. The van der Waals surface area contributed by atoms with Crippen LogP contribution in [0.4, 0.5) is 10.5 Å². The first-order valence-electron chi connectivity index (χ1n) is 8.97. The van der Waals surface area contributed by atoms with Crippen LogP contribution in [0.2, 0.25) is 0 Å². The maximum Gasteiger partial charge on any atom is 0.321 e. The number of urea groups is 1. The van der Waals surface area contributed by atoms with Crippen molar-refractivity contribution in [2.45, 2.75) is 32.1 Å². The molecule has 1 aromatic carbocycles. The lowest BCUT2D eigenvalue weighted by Gasteiger charge is -2.32. The summed E-state index contributed by atoms with van der Waals surface area (Å²) < 4.78 is 0. The number of hydrogen-bond acceptors (Lipinski definition) is 3. The number of nitrogens with one attached hydrogen (secondary N) is 1. The van der Waals surface area contributed by atoms with E-state index in [-0.39, 0.29) is 17.7 Å². The summed E-state index contributed by atoms with van der Waals surface area (Å²) in [5.41, 5.74) is 3.56. The van der Waals surface area contributed by atoms with Gasteiger partial charge in [0.25, 0.3) is 0 Å². The van der Waals surface area contributed by atoms with E-state index in [1.807, 2.05) is 29.6 Å². The van der Waals surface area contributed by atoms with Crippen molar-refractivity contribution in [3.63, 3.8) is 0 Å². The highest BCUT2D eigenvalue weighted by Crippen LogP contribution is 2.29. The molecule has 4 rings (SSSR count). The number of amides is 2. The first-order valence-corrected chi connectivity index (χ1v) is 9.85. The minimum Gasteiger partial charge on any atom is -0.324 e. The molecule has 1 aromatic heterocycles. The monoisotopic (exact) mass is 354 g/mol. The second kappa shape index (κ2) is 7.00. The van der Waals surface area contributed by atoms with Gasteiger partial charge in [-0.25, -0.2) is 4.79 Å². The lowest BCUT2D eigenvalue weighted by atomic mass is 9.93. The second-order valence-electron chi connectivity index (χ2n) is 6.85. The highest BCUT2D eigenvalue weighted by Gasteiger charge is 2.30. The van der Waals surface area contributed by atoms with E-state index in [0.717, 1.165) is 49.2 Å². The van der Waals surface area contributed by atoms with Crippen molar-refractivity contribution in [3.05, 3.63) is 51.7 Å². The molecule has 2 amide bonds. The maximum absolute atomic E-state index is 12.7. The summed E-state index contributed by atoms with van der Waals surface area (Å²) in [6, 6.07) is 9.85.